The molecule has 5 heteroatoms. The van der Waals surface area contributed by atoms with E-state index in [9.17, 15) is 0 Å². The van der Waals surface area contributed by atoms with Gasteiger partial charge in [0, 0.05) is 36.6 Å². The average Bonchev–Trinajstić information content (AvgIpc) is 2.40. The highest BCUT2D eigenvalue weighted by Gasteiger charge is 2.01. The molecule has 2 heterocycles. The van der Waals surface area contributed by atoms with Gasteiger partial charge in [0.15, 0.2) is 0 Å². The molecule has 0 aromatic carbocycles. The fraction of sp³-hybridized carbons (Fsp3) is 0.250. The molecule has 17 heavy (non-hydrogen) atoms. The molecule has 0 radical (unpaired) electrons. The van der Waals surface area contributed by atoms with Crippen LogP contribution < -0.4 is 4.74 Å². The number of hydrogen-bond donors (Lipinski definition) is 1. The first-order valence-electron chi connectivity index (χ1n) is 5.21. The maximum atomic E-state index is 8.87. The molecule has 2 rings (SSSR count). The predicted molar refractivity (Wildman–Crippen MR) is 61.5 cm³/mol. The lowest BCUT2D eigenvalue weighted by Crippen LogP contribution is -1.98. The lowest BCUT2D eigenvalue weighted by molar-refractivity contribution is 0.280. The van der Waals surface area contributed by atoms with Gasteiger partial charge in [-0.3, -0.25) is 0 Å². The number of aliphatic hydroxyl groups is 1. The van der Waals surface area contributed by atoms with Crippen LogP contribution in [0.3, 0.4) is 0 Å². The average molecular weight is 231 g/mol. The highest BCUT2D eigenvalue weighted by Crippen LogP contribution is 2.09. The van der Waals surface area contributed by atoms with Crippen molar-refractivity contribution < 1.29 is 9.84 Å². The summed E-state index contributed by atoms with van der Waals surface area (Å²) in [6, 6.07) is 3.73. The van der Waals surface area contributed by atoms with E-state index < -0.39 is 0 Å². The van der Waals surface area contributed by atoms with Gasteiger partial charge in [0.25, 0.3) is 0 Å². The Labute approximate surface area is 99.2 Å². The first-order chi connectivity index (χ1) is 8.31. The van der Waals surface area contributed by atoms with E-state index in [4.69, 9.17) is 9.84 Å². The Morgan fingerprint density at radius 1 is 1.06 bits per heavy atom. The van der Waals surface area contributed by atoms with Crippen LogP contribution in [0.2, 0.25) is 0 Å². The lowest BCUT2D eigenvalue weighted by atomic mass is 10.2. The number of ether oxygens (including phenoxy) is 1. The van der Waals surface area contributed by atoms with Gasteiger partial charge in [0.2, 0.25) is 5.88 Å². The largest absolute Gasteiger partial charge is 0.481 e. The quantitative estimate of drug-likeness (QED) is 0.849. The molecule has 0 spiro atoms. The van der Waals surface area contributed by atoms with Crippen LogP contribution in [0.1, 0.15) is 17.0 Å². The predicted octanol–water partition coefficient (Wildman–Crippen LogP) is 0.963. The summed E-state index contributed by atoms with van der Waals surface area (Å²) in [4.78, 5) is 12.4. The van der Waals surface area contributed by atoms with E-state index in [0.717, 1.165) is 5.56 Å². The first-order valence-corrected chi connectivity index (χ1v) is 5.21. The van der Waals surface area contributed by atoms with Gasteiger partial charge in [-0.15, -0.1) is 0 Å². The second-order valence-corrected chi connectivity index (χ2v) is 3.55. The zero-order valence-electron chi connectivity index (χ0n) is 9.50. The van der Waals surface area contributed by atoms with E-state index in [-0.39, 0.29) is 6.61 Å². The molecular formula is C12H13N3O2. The number of aromatic nitrogens is 3. The molecule has 5 nitrogen and oxygen atoms in total. The monoisotopic (exact) mass is 231 g/mol. The third-order valence-corrected chi connectivity index (χ3v) is 2.31. The minimum Gasteiger partial charge on any atom is -0.481 e. The molecule has 2 aromatic heterocycles. The maximum absolute atomic E-state index is 8.87. The zero-order chi connectivity index (χ0) is 12.1. The number of rotatable bonds is 4. The van der Waals surface area contributed by atoms with E-state index >= 15 is 0 Å². The van der Waals surface area contributed by atoms with Crippen molar-refractivity contribution in [1.29, 1.82) is 0 Å². The Balaban J connectivity index is 2.08. The number of methoxy groups -OCH3 is 1. The molecule has 0 aliphatic carbocycles. The minimum absolute atomic E-state index is 0.0373. The molecule has 0 aliphatic rings. The standard InChI is InChI=1S/C12H13N3O2/c1-17-12-3-2-9(5-15-12)4-11-13-6-10(8-16)7-14-11/h2-3,5-7,16H,4,8H2,1H3. The number of nitrogens with zero attached hydrogens (tertiary/aromatic N) is 3. The molecule has 1 N–H and O–H groups in total. The normalized spacial score (nSPS) is 10.2. The van der Waals surface area contributed by atoms with Crippen LogP contribution in [0.15, 0.2) is 30.7 Å². The topological polar surface area (TPSA) is 68.1 Å². The van der Waals surface area contributed by atoms with Gasteiger partial charge < -0.3 is 9.84 Å². The Hall–Kier alpha value is -2.01. The van der Waals surface area contributed by atoms with Crippen LogP contribution >= 0.6 is 0 Å². The zero-order valence-corrected chi connectivity index (χ0v) is 9.50. The van der Waals surface area contributed by atoms with Crippen molar-refractivity contribution in [3.8, 4) is 5.88 Å². The van der Waals surface area contributed by atoms with Crippen molar-refractivity contribution in [3.63, 3.8) is 0 Å². The summed E-state index contributed by atoms with van der Waals surface area (Å²) in [5, 5.41) is 8.87. The molecule has 0 bridgehead atoms. The van der Waals surface area contributed by atoms with Gasteiger partial charge >= 0.3 is 0 Å². The molecule has 0 unspecified atom stereocenters. The smallest absolute Gasteiger partial charge is 0.212 e. The third-order valence-electron chi connectivity index (χ3n) is 2.31. The molecule has 0 aliphatic heterocycles. The van der Waals surface area contributed by atoms with Gasteiger partial charge in [-0.05, 0) is 5.56 Å². The summed E-state index contributed by atoms with van der Waals surface area (Å²) in [6.45, 7) is -0.0373. The van der Waals surface area contributed by atoms with Crippen LogP contribution in [0.4, 0.5) is 0 Å². The summed E-state index contributed by atoms with van der Waals surface area (Å²) in [5.41, 5.74) is 1.73. The maximum Gasteiger partial charge on any atom is 0.212 e. The molecule has 0 fully saturated rings. The van der Waals surface area contributed by atoms with E-state index in [1.54, 1.807) is 31.8 Å². The summed E-state index contributed by atoms with van der Waals surface area (Å²) in [6.07, 6.45) is 5.60. The van der Waals surface area contributed by atoms with Crippen molar-refractivity contribution in [2.45, 2.75) is 13.0 Å². The van der Waals surface area contributed by atoms with Crippen LogP contribution in [0, 0.1) is 0 Å². The Morgan fingerprint density at radius 3 is 2.29 bits per heavy atom. The van der Waals surface area contributed by atoms with Crippen molar-refractivity contribution in [2.24, 2.45) is 0 Å². The summed E-state index contributed by atoms with van der Waals surface area (Å²) in [5.74, 6) is 1.29. The summed E-state index contributed by atoms with van der Waals surface area (Å²) < 4.78 is 4.98. The van der Waals surface area contributed by atoms with Crippen LogP contribution in [0.25, 0.3) is 0 Å². The molecule has 88 valence electrons. The van der Waals surface area contributed by atoms with Crippen molar-refractivity contribution in [3.05, 3.63) is 47.7 Å². The number of aliphatic hydroxyl groups excluding tert-OH is 1. The molecule has 0 amide bonds. The fourth-order valence-electron chi connectivity index (χ4n) is 1.37. The second kappa shape index (κ2) is 5.36. The van der Waals surface area contributed by atoms with Gasteiger partial charge in [-0.1, -0.05) is 6.07 Å². The van der Waals surface area contributed by atoms with E-state index in [0.29, 0.717) is 23.7 Å². The van der Waals surface area contributed by atoms with Gasteiger partial charge in [0.1, 0.15) is 5.82 Å². The number of pyridine rings is 1. The lowest BCUT2D eigenvalue weighted by Gasteiger charge is -2.02. The summed E-state index contributed by atoms with van der Waals surface area (Å²) in [7, 11) is 1.58. The molecule has 0 saturated heterocycles. The Kier molecular flexibility index (Phi) is 3.62. The van der Waals surface area contributed by atoms with Crippen molar-refractivity contribution >= 4 is 0 Å². The molecule has 2 aromatic rings. The molecule has 0 saturated carbocycles. The number of hydrogen-bond acceptors (Lipinski definition) is 5. The van der Waals surface area contributed by atoms with Gasteiger partial charge in [-0.25, -0.2) is 15.0 Å². The van der Waals surface area contributed by atoms with Gasteiger partial charge in [0.05, 0.1) is 13.7 Å². The van der Waals surface area contributed by atoms with Crippen molar-refractivity contribution in [1.82, 2.24) is 15.0 Å². The third kappa shape index (κ3) is 2.98. The van der Waals surface area contributed by atoms with E-state index in [1.165, 1.54) is 0 Å². The fourth-order valence-corrected chi connectivity index (χ4v) is 1.37. The van der Waals surface area contributed by atoms with Crippen molar-refractivity contribution in [2.75, 3.05) is 7.11 Å². The highest BCUT2D eigenvalue weighted by molar-refractivity contribution is 5.20. The van der Waals surface area contributed by atoms with Crippen LogP contribution in [0.5, 0.6) is 5.88 Å². The summed E-state index contributed by atoms with van der Waals surface area (Å²) >= 11 is 0. The SMILES string of the molecule is COc1ccc(Cc2ncc(CO)cn2)cn1. The first kappa shape index (κ1) is 11.5. The van der Waals surface area contributed by atoms with E-state index in [1.807, 2.05) is 6.07 Å². The van der Waals surface area contributed by atoms with E-state index in [2.05, 4.69) is 15.0 Å². The Morgan fingerprint density at radius 2 is 1.76 bits per heavy atom. The van der Waals surface area contributed by atoms with Crippen LogP contribution in [-0.4, -0.2) is 27.2 Å². The highest BCUT2D eigenvalue weighted by atomic mass is 16.5. The van der Waals surface area contributed by atoms with Crippen LogP contribution in [-0.2, 0) is 13.0 Å². The van der Waals surface area contributed by atoms with Gasteiger partial charge in [-0.2, -0.15) is 0 Å². The molecule has 0 atom stereocenters. The second-order valence-electron chi connectivity index (χ2n) is 3.55. The minimum atomic E-state index is -0.0373. The Bertz CT molecular complexity index is 423. The molecular weight excluding hydrogens is 218 g/mol.